The quantitative estimate of drug-likeness (QED) is 0.371. The van der Waals surface area contributed by atoms with Crippen molar-refractivity contribution in [3.05, 3.63) is 71.8 Å². The summed E-state index contributed by atoms with van der Waals surface area (Å²) in [5.74, 6) is -0.556. The van der Waals surface area contributed by atoms with Gasteiger partial charge in [-0.15, -0.1) is 0 Å². The molecule has 0 saturated carbocycles. The predicted molar refractivity (Wildman–Crippen MR) is 107 cm³/mol. The number of hydrogen-bond donors (Lipinski definition) is 0. The Morgan fingerprint density at radius 3 is 1.43 bits per heavy atom. The smallest absolute Gasteiger partial charge is 0.338 e. The van der Waals surface area contributed by atoms with Crippen LogP contribution in [-0.2, 0) is 14.2 Å². The van der Waals surface area contributed by atoms with Crippen LogP contribution >= 0.6 is 0 Å². The van der Waals surface area contributed by atoms with E-state index in [0.29, 0.717) is 37.6 Å². The summed E-state index contributed by atoms with van der Waals surface area (Å²) in [6, 6.07) is 18.0. The standard InChI is InChI=1S/C23H28O5/c24-22(20-12-4-1-5-13-20)27-18-9-3-8-16-26-17-10-11-19-28-23(25)21-14-6-2-7-15-21/h1-2,4-7,12-15H,3,8-11,16-19H2. The summed E-state index contributed by atoms with van der Waals surface area (Å²) in [7, 11) is 0. The summed E-state index contributed by atoms with van der Waals surface area (Å²) in [4.78, 5) is 23.5. The fourth-order valence-corrected chi connectivity index (χ4v) is 2.54. The highest BCUT2D eigenvalue weighted by Gasteiger charge is 2.06. The molecule has 0 saturated heterocycles. The molecule has 0 unspecified atom stereocenters. The van der Waals surface area contributed by atoms with Crippen molar-refractivity contribution >= 4 is 11.9 Å². The lowest BCUT2D eigenvalue weighted by Gasteiger charge is -2.07. The predicted octanol–water partition coefficient (Wildman–Crippen LogP) is 4.67. The maximum absolute atomic E-state index is 11.7. The van der Waals surface area contributed by atoms with Crippen LogP contribution in [0.3, 0.4) is 0 Å². The van der Waals surface area contributed by atoms with Gasteiger partial charge >= 0.3 is 11.9 Å². The minimum Gasteiger partial charge on any atom is -0.462 e. The molecular formula is C23H28O5. The number of ether oxygens (including phenoxy) is 3. The molecule has 0 fully saturated rings. The van der Waals surface area contributed by atoms with Gasteiger partial charge in [-0.25, -0.2) is 9.59 Å². The van der Waals surface area contributed by atoms with Crippen LogP contribution in [0.25, 0.3) is 0 Å². The van der Waals surface area contributed by atoms with Crippen LogP contribution < -0.4 is 0 Å². The van der Waals surface area contributed by atoms with Crippen LogP contribution in [0.1, 0.15) is 52.8 Å². The summed E-state index contributed by atoms with van der Waals surface area (Å²) in [6.45, 7) is 2.19. The molecule has 0 aliphatic carbocycles. The fourth-order valence-electron chi connectivity index (χ4n) is 2.54. The summed E-state index contributed by atoms with van der Waals surface area (Å²) >= 11 is 0. The minimum absolute atomic E-state index is 0.273. The normalized spacial score (nSPS) is 10.4. The second-order valence-electron chi connectivity index (χ2n) is 6.38. The van der Waals surface area contributed by atoms with Gasteiger partial charge in [0.05, 0.1) is 24.3 Å². The molecule has 0 radical (unpaired) electrons. The van der Waals surface area contributed by atoms with Crippen LogP contribution in [-0.4, -0.2) is 38.4 Å². The van der Waals surface area contributed by atoms with E-state index in [9.17, 15) is 9.59 Å². The van der Waals surface area contributed by atoms with Crippen molar-refractivity contribution in [2.45, 2.75) is 32.1 Å². The van der Waals surface area contributed by atoms with Crippen molar-refractivity contribution in [2.75, 3.05) is 26.4 Å². The first-order chi connectivity index (χ1) is 13.8. The minimum atomic E-state index is -0.283. The number of carbonyl (C=O) groups is 2. The average molecular weight is 384 g/mol. The van der Waals surface area contributed by atoms with Gasteiger partial charge in [-0.3, -0.25) is 0 Å². The summed E-state index contributed by atoms with van der Waals surface area (Å²) in [5, 5.41) is 0. The number of carbonyl (C=O) groups excluding carboxylic acids is 2. The molecule has 0 spiro atoms. The Balaban J connectivity index is 1.36. The maximum atomic E-state index is 11.7. The molecule has 0 aliphatic heterocycles. The van der Waals surface area contributed by atoms with E-state index < -0.39 is 0 Å². The zero-order chi connectivity index (χ0) is 19.9. The lowest BCUT2D eigenvalue weighted by molar-refractivity contribution is 0.0468. The lowest BCUT2D eigenvalue weighted by Crippen LogP contribution is -2.07. The highest BCUT2D eigenvalue weighted by Crippen LogP contribution is 2.04. The SMILES string of the molecule is O=C(OCCCCCOCCCCOC(=O)c1ccccc1)c1ccccc1. The van der Waals surface area contributed by atoms with Crippen molar-refractivity contribution in [1.29, 1.82) is 0 Å². The molecule has 5 nitrogen and oxygen atoms in total. The number of rotatable bonds is 13. The van der Waals surface area contributed by atoms with Crippen LogP contribution in [0.4, 0.5) is 0 Å². The summed E-state index contributed by atoms with van der Waals surface area (Å²) < 4.78 is 16.0. The van der Waals surface area contributed by atoms with E-state index >= 15 is 0 Å². The van der Waals surface area contributed by atoms with Crippen molar-refractivity contribution in [3.63, 3.8) is 0 Å². The third-order valence-corrected chi connectivity index (χ3v) is 4.10. The van der Waals surface area contributed by atoms with Gasteiger partial charge in [0, 0.05) is 13.2 Å². The molecule has 0 bridgehead atoms. The number of hydrogen-bond acceptors (Lipinski definition) is 5. The molecule has 5 heteroatoms. The van der Waals surface area contributed by atoms with Crippen LogP contribution in [0.5, 0.6) is 0 Å². The first-order valence-electron chi connectivity index (χ1n) is 9.79. The first kappa shape index (κ1) is 21.6. The van der Waals surface area contributed by atoms with Gasteiger partial charge in [-0.05, 0) is 56.4 Å². The van der Waals surface area contributed by atoms with Crippen molar-refractivity contribution in [3.8, 4) is 0 Å². The van der Waals surface area contributed by atoms with Gasteiger partial charge in [0.1, 0.15) is 0 Å². The van der Waals surface area contributed by atoms with Crippen molar-refractivity contribution in [2.24, 2.45) is 0 Å². The highest BCUT2D eigenvalue weighted by molar-refractivity contribution is 5.89. The molecule has 28 heavy (non-hydrogen) atoms. The van der Waals surface area contributed by atoms with E-state index in [1.54, 1.807) is 24.3 Å². The van der Waals surface area contributed by atoms with E-state index in [2.05, 4.69) is 0 Å². The van der Waals surface area contributed by atoms with E-state index in [4.69, 9.17) is 14.2 Å². The molecule has 0 atom stereocenters. The Morgan fingerprint density at radius 1 is 0.536 bits per heavy atom. The molecule has 0 heterocycles. The van der Waals surface area contributed by atoms with E-state index in [-0.39, 0.29) is 11.9 Å². The molecule has 0 aliphatic rings. The highest BCUT2D eigenvalue weighted by atomic mass is 16.5. The van der Waals surface area contributed by atoms with Gasteiger partial charge in [0.25, 0.3) is 0 Å². The molecule has 0 N–H and O–H groups in total. The van der Waals surface area contributed by atoms with Gasteiger partial charge in [0.15, 0.2) is 0 Å². The topological polar surface area (TPSA) is 61.8 Å². The maximum Gasteiger partial charge on any atom is 0.338 e. The number of benzene rings is 2. The van der Waals surface area contributed by atoms with E-state index in [1.165, 1.54) is 0 Å². The fraction of sp³-hybridized carbons (Fsp3) is 0.391. The Bertz CT molecular complexity index is 623. The molecule has 2 rings (SSSR count). The van der Waals surface area contributed by atoms with Crippen LogP contribution in [0.15, 0.2) is 60.7 Å². The lowest BCUT2D eigenvalue weighted by atomic mass is 10.2. The molecule has 0 aromatic heterocycles. The monoisotopic (exact) mass is 384 g/mol. The molecule has 2 aromatic carbocycles. The number of esters is 2. The van der Waals surface area contributed by atoms with Crippen LogP contribution in [0, 0.1) is 0 Å². The number of unbranched alkanes of at least 4 members (excludes halogenated alkanes) is 3. The largest absolute Gasteiger partial charge is 0.462 e. The Morgan fingerprint density at radius 2 is 0.929 bits per heavy atom. The Labute approximate surface area is 166 Å². The van der Waals surface area contributed by atoms with Gasteiger partial charge < -0.3 is 14.2 Å². The molecule has 150 valence electrons. The Hall–Kier alpha value is -2.66. The Kier molecular flexibility index (Phi) is 10.4. The molecule has 0 amide bonds. The van der Waals surface area contributed by atoms with Crippen molar-refractivity contribution < 1.29 is 23.8 Å². The van der Waals surface area contributed by atoms with E-state index in [0.717, 1.165) is 32.1 Å². The van der Waals surface area contributed by atoms with Crippen molar-refractivity contribution in [1.82, 2.24) is 0 Å². The van der Waals surface area contributed by atoms with Gasteiger partial charge in [-0.2, -0.15) is 0 Å². The first-order valence-corrected chi connectivity index (χ1v) is 9.79. The second-order valence-corrected chi connectivity index (χ2v) is 6.38. The molecule has 2 aromatic rings. The third-order valence-electron chi connectivity index (χ3n) is 4.10. The average Bonchev–Trinajstić information content (AvgIpc) is 2.75. The van der Waals surface area contributed by atoms with Gasteiger partial charge in [0.2, 0.25) is 0 Å². The molecular weight excluding hydrogens is 356 g/mol. The zero-order valence-electron chi connectivity index (χ0n) is 16.2. The summed E-state index contributed by atoms with van der Waals surface area (Å²) in [6.07, 6.45) is 4.37. The third kappa shape index (κ3) is 8.82. The van der Waals surface area contributed by atoms with Gasteiger partial charge in [-0.1, -0.05) is 36.4 Å². The van der Waals surface area contributed by atoms with E-state index in [1.807, 2.05) is 36.4 Å². The second kappa shape index (κ2) is 13.5. The van der Waals surface area contributed by atoms with Crippen LogP contribution in [0.2, 0.25) is 0 Å². The zero-order valence-corrected chi connectivity index (χ0v) is 16.2. The summed E-state index contributed by atoms with van der Waals surface area (Å²) in [5.41, 5.74) is 1.16.